The highest BCUT2D eigenvalue weighted by Crippen LogP contribution is 2.13. The van der Waals surface area contributed by atoms with Gasteiger partial charge in [-0.2, -0.15) is 0 Å². The van der Waals surface area contributed by atoms with Crippen molar-refractivity contribution >= 4 is 11.6 Å². The van der Waals surface area contributed by atoms with E-state index in [9.17, 15) is 4.79 Å². The third-order valence-corrected chi connectivity index (χ3v) is 3.50. The topological polar surface area (TPSA) is 45.5 Å². The van der Waals surface area contributed by atoms with Gasteiger partial charge < -0.3 is 14.6 Å². The summed E-state index contributed by atoms with van der Waals surface area (Å²) in [6.07, 6.45) is 2.45. The fraction of sp³-hybridized carbons (Fsp3) is 0.353. The number of carbonyl (C=O) groups is 1. The van der Waals surface area contributed by atoms with Crippen LogP contribution < -0.4 is 10.2 Å². The van der Waals surface area contributed by atoms with Gasteiger partial charge in [-0.15, -0.1) is 0 Å². The Hall–Kier alpha value is -2.23. The van der Waals surface area contributed by atoms with Crippen molar-refractivity contribution in [2.45, 2.75) is 20.3 Å². The number of nitrogens with zero attached hydrogens (tertiary/aromatic N) is 1. The van der Waals surface area contributed by atoms with Crippen LogP contribution in [0.5, 0.6) is 0 Å². The van der Waals surface area contributed by atoms with Crippen LogP contribution in [-0.4, -0.2) is 25.5 Å². The smallest absolute Gasteiger partial charge is 0.254 e. The van der Waals surface area contributed by atoms with E-state index in [0.717, 1.165) is 19.5 Å². The number of benzene rings is 1. The number of hydrogen-bond donors (Lipinski definition) is 1. The Morgan fingerprint density at radius 1 is 1.24 bits per heavy atom. The molecule has 1 aromatic heterocycles. The molecule has 2 rings (SSSR count). The largest absolute Gasteiger partial charge is 0.469 e. The van der Waals surface area contributed by atoms with Crippen molar-refractivity contribution in [3.05, 3.63) is 54.0 Å². The third kappa shape index (κ3) is 4.12. The molecule has 4 heteroatoms. The Balaban J connectivity index is 1.76. The van der Waals surface area contributed by atoms with Crippen LogP contribution in [0.1, 0.15) is 29.5 Å². The first-order chi connectivity index (χ1) is 10.2. The van der Waals surface area contributed by atoms with Crippen molar-refractivity contribution < 1.29 is 9.21 Å². The molecule has 0 aliphatic carbocycles. The standard InChI is InChI=1S/C17H22N2O2/c1-3-19(15-8-5-4-6-9-15)12-7-11-18-17(20)16-10-13-21-14(16)2/h4-6,8-10,13H,3,7,11-12H2,1-2H3,(H,18,20). The van der Waals surface area contributed by atoms with Gasteiger partial charge in [0.1, 0.15) is 5.76 Å². The number of hydrogen-bond acceptors (Lipinski definition) is 3. The second-order valence-electron chi connectivity index (χ2n) is 4.92. The first-order valence-electron chi connectivity index (χ1n) is 7.34. The molecule has 1 N–H and O–H groups in total. The number of carbonyl (C=O) groups excluding carboxylic acids is 1. The maximum absolute atomic E-state index is 11.9. The fourth-order valence-corrected chi connectivity index (χ4v) is 2.30. The number of aryl methyl sites for hydroxylation is 1. The summed E-state index contributed by atoms with van der Waals surface area (Å²) in [4.78, 5) is 14.2. The summed E-state index contributed by atoms with van der Waals surface area (Å²) in [5.74, 6) is 0.593. The molecule has 2 aromatic rings. The first-order valence-corrected chi connectivity index (χ1v) is 7.34. The minimum Gasteiger partial charge on any atom is -0.469 e. The molecule has 0 spiro atoms. The van der Waals surface area contributed by atoms with Crippen LogP contribution in [0.15, 0.2) is 47.1 Å². The SMILES string of the molecule is CCN(CCCNC(=O)c1ccoc1C)c1ccccc1. The van der Waals surface area contributed by atoms with E-state index in [2.05, 4.69) is 29.3 Å². The molecule has 0 fully saturated rings. The summed E-state index contributed by atoms with van der Waals surface area (Å²) >= 11 is 0. The van der Waals surface area contributed by atoms with E-state index in [1.54, 1.807) is 19.3 Å². The minimum atomic E-state index is -0.0657. The number of anilines is 1. The van der Waals surface area contributed by atoms with Crippen LogP contribution in [0.3, 0.4) is 0 Å². The van der Waals surface area contributed by atoms with E-state index in [-0.39, 0.29) is 5.91 Å². The first kappa shape index (κ1) is 15.2. The summed E-state index contributed by atoms with van der Waals surface area (Å²) in [5, 5.41) is 2.93. The molecule has 0 radical (unpaired) electrons. The zero-order valence-electron chi connectivity index (χ0n) is 12.6. The summed E-state index contributed by atoms with van der Waals surface area (Å²) in [7, 11) is 0. The van der Waals surface area contributed by atoms with Crippen LogP contribution in [-0.2, 0) is 0 Å². The van der Waals surface area contributed by atoms with Gasteiger partial charge in [-0.1, -0.05) is 18.2 Å². The summed E-state index contributed by atoms with van der Waals surface area (Å²) in [5.41, 5.74) is 1.84. The van der Waals surface area contributed by atoms with Crippen molar-refractivity contribution in [2.75, 3.05) is 24.5 Å². The lowest BCUT2D eigenvalue weighted by molar-refractivity contribution is 0.0952. The average Bonchev–Trinajstić information content (AvgIpc) is 2.94. The molecule has 1 amide bonds. The van der Waals surface area contributed by atoms with Crippen molar-refractivity contribution in [2.24, 2.45) is 0 Å². The van der Waals surface area contributed by atoms with Crippen LogP contribution in [0, 0.1) is 6.92 Å². The fourth-order valence-electron chi connectivity index (χ4n) is 2.30. The van der Waals surface area contributed by atoms with E-state index in [1.807, 2.05) is 18.2 Å². The van der Waals surface area contributed by atoms with Gasteiger partial charge >= 0.3 is 0 Å². The normalized spacial score (nSPS) is 10.4. The third-order valence-electron chi connectivity index (χ3n) is 3.50. The van der Waals surface area contributed by atoms with Gasteiger partial charge in [0.25, 0.3) is 5.91 Å². The maximum atomic E-state index is 11.9. The summed E-state index contributed by atoms with van der Waals surface area (Å²) in [6.45, 7) is 6.47. The summed E-state index contributed by atoms with van der Waals surface area (Å²) < 4.78 is 5.14. The van der Waals surface area contributed by atoms with Crippen molar-refractivity contribution in [1.29, 1.82) is 0 Å². The number of rotatable bonds is 7. The van der Waals surface area contributed by atoms with E-state index in [1.165, 1.54) is 5.69 Å². The molecule has 0 saturated carbocycles. The van der Waals surface area contributed by atoms with Gasteiger partial charge in [-0.3, -0.25) is 4.79 Å². The molecule has 0 aliphatic heterocycles. The Morgan fingerprint density at radius 2 is 2.00 bits per heavy atom. The lowest BCUT2D eigenvalue weighted by atomic mass is 10.2. The molecule has 1 aromatic carbocycles. The van der Waals surface area contributed by atoms with Gasteiger partial charge in [-0.25, -0.2) is 0 Å². The Labute approximate surface area is 125 Å². The molecule has 1 heterocycles. The van der Waals surface area contributed by atoms with Crippen LogP contribution in [0.25, 0.3) is 0 Å². The number of nitrogens with one attached hydrogen (secondary N) is 1. The zero-order chi connectivity index (χ0) is 15.1. The molecule has 112 valence electrons. The molecular formula is C17H22N2O2. The van der Waals surface area contributed by atoms with E-state index in [0.29, 0.717) is 17.9 Å². The lowest BCUT2D eigenvalue weighted by Gasteiger charge is -2.23. The Morgan fingerprint density at radius 3 is 2.62 bits per heavy atom. The predicted molar refractivity (Wildman–Crippen MR) is 84.7 cm³/mol. The molecule has 21 heavy (non-hydrogen) atoms. The molecular weight excluding hydrogens is 264 g/mol. The highest BCUT2D eigenvalue weighted by Gasteiger charge is 2.10. The quantitative estimate of drug-likeness (QED) is 0.795. The Kier molecular flexibility index (Phi) is 5.43. The summed E-state index contributed by atoms with van der Waals surface area (Å²) in [6, 6.07) is 12.0. The molecule has 0 atom stereocenters. The van der Waals surface area contributed by atoms with Gasteiger partial charge in [0.2, 0.25) is 0 Å². The number of para-hydroxylation sites is 1. The van der Waals surface area contributed by atoms with Crippen molar-refractivity contribution in [3.8, 4) is 0 Å². The second kappa shape index (κ2) is 7.53. The van der Waals surface area contributed by atoms with Crippen LogP contribution in [0.2, 0.25) is 0 Å². The molecule has 0 unspecified atom stereocenters. The predicted octanol–water partition coefficient (Wildman–Crippen LogP) is 3.23. The van der Waals surface area contributed by atoms with Gasteiger partial charge in [-0.05, 0) is 38.5 Å². The highest BCUT2D eigenvalue weighted by molar-refractivity contribution is 5.94. The Bertz CT molecular complexity index is 563. The zero-order valence-corrected chi connectivity index (χ0v) is 12.6. The molecule has 0 bridgehead atoms. The lowest BCUT2D eigenvalue weighted by Crippen LogP contribution is -2.30. The molecule has 4 nitrogen and oxygen atoms in total. The van der Waals surface area contributed by atoms with E-state index in [4.69, 9.17) is 4.42 Å². The highest BCUT2D eigenvalue weighted by atomic mass is 16.3. The van der Waals surface area contributed by atoms with Gasteiger partial charge in [0, 0.05) is 25.3 Å². The number of amides is 1. The van der Waals surface area contributed by atoms with E-state index < -0.39 is 0 Å². The van der Waals surface area contributed by atoms with Crippen LogP contribution in [0.4, 0.5) is 5.69 Å². The number of furan rings is 1. The van der Waals surface area contributed by atoms with E-state index >= 15 is 0 Å². The average molecular weight is 286 g/mol. The minimum absolute atomic E-state index is 0.0657. The monoisotopic (exact) mass is 286 g/mol. The van der Waals surface area contributed by atoms with Crippen LogP contribution >= 0.6 is 0 Å². The van der Waals surface area contributed by atoms with Gasteiger partial charge in [0.15, 0.2) is 0 Å². The van der Waals surface area contributed by atoms with Crippen molar-refractivity contribution in [1.82, 2.24) is 5.32 Å². The second-order valence-corrected chi connectivity index (χ2v) is 4.92. The maximum Gasteiger partial charge on any atom is 0.254 e. The molecule has 0 saturated heterocycles. The van der Waals surface area contributed by atoms with Crippen molar-refractivity contribution in [3.63, 3.8) is 0 Å². The van der Waals surface area contributed by atoms with Gasteiger partial charge in [0.05, 0.1) is 11.8 Å². The molecule has 0 aliphatic rings.